The van der Waals surface area contributed by atoms with Gasteiger partial charge in [-0.15, -0.1) is 0 Å². The van der Waals surface area contributed by atoms with Gasteiger partial charge in [-0.3, -0.25) is 4.98 Å². The highest BCUT2D eigenvalue weighted by atomic mass is 32.2. The summed E-state index contributed by atoms with van der Waals surface area (Å²) < 4.78 is 40.3. The number of fused-ring (bicyclic) bond motifs is 1. The second-order valence-corrected chi connectivity index (χ2v) is 7.75. The van der Waals surface area contributed by atoms with Crippen LogP contribution in [0.3, 0.4) is 0 Å². The van der Waals surface area contributed by atoms with Gasteiger partial charge in [0.15, 0.2) is 11.1 Å². The van der Waals surface area contributed by atoms with Crippen LogP contribution in [0.4, 0.5) is 4.39 Å². The van der Waals surface area contributed by atoms with Crippen molar-refractivity contribution in [1.82, 2.24) is 4.98 Å². The van der Waals surface area contributed by atoms with Crippen molar-refractivity contribution >= 4 is 40.0 Å². The number of benzene rings is 2. The molecule has 146 valence electrons. The van der Waals surface area contributed by atoms with E-state index in [4.69, 9.17) is 21.5 Å². The normalized spacial score (nSPS) is 16.7. The summed E-state index contributed by atoms with van der Waals surface area (Å²) in [6, 6.07) is 15.4. The van der Waals surface area contributed by atoms with Gasteiger partial charge < -0.3 is 9.29 Å². The standard InChI is InChI=1S/C22H16FNO3S2/c23-17-7-8-20-18(10-17)19(12-28)21(16-2-1-9-24-11-16)22(27-20)15-5-3-14(4-6-15)13-29(25)26/h1-12,19H,13H2,(H,25,26). The van der Waals surface area contributed by atoms with E-state index in [-0.39, 0.29) is 17.5 Å². The van der Waals surface area contributed by atoms with Gasteiger partial charge in [-0.2, -0.15) is 0 Å². The highest BCUT2D eigenvalue weighted by Crippen LogP contribution is 2.46. The Labute approximate surface area is 175 Å². The zero-order valence-corrected chi connectivity index (χ0v) is 16.8. The maximum Gasteiger partial charge on any atom is 0.157 e. The highest BCUT2D eigenvalue weighted by Gasteiger charge is 2.30. The lowest BCUT2D eigenvalue weighted by Gasteiger charge is -2.29. The predicted octanol–water partition coefficient (Wildman–Crippen LogP) is 4.99. The number of halogens is 1. The molecule has 0 bridgehead atoms. The first-order chi connectivity index (χ1) is 14.1. The average Bonchev–Trinajstić information content (AvgIpc) is 2.73. The van der Waals surface area contributed by atoms with E-state index in [9.17, 15) is 8.60 Å². The molecule has 1 aliphatic rings. The largest absolute Gasteiger partial charge is 0.456 e. The van der Waals surface area contributed by atoms with Crippen molar-refractivity contribution in [1.29, 1.82) is 0 Å². The van der Waals surface area contributed by atoms with E-state index < -0.39 is 11.1 Å². The summed E-state index contributed by atoms with van der Waals surface area (Å²) in [5.74, 6) is 0.485. The molecule has 1 N–H and O–H groups in total. The first-order valence-electron chi connectivity index (χ1n) is 8.80. The Bertz CT molecular complexity index is 1110. The molecule has 2 heterocycles. The number of aromatic nitrogens is 1. The molecule has 0 saturated carbocycles. The fourth-order valence-electron chi connectivity index (χ4n) is 3.40. The zero-order chi connectivity index (χ0) is 20.4. The number of thiocarbonyl (C=S) groups is 1. The van der Waals surface area contributed by atoms with E-state index in [1.165, 1.54) is 12.1 Å². The molecule has 2 aromatic carbocycles. The number of allylic oxidation sites excluding steroid dienone is 1. The summed E-state index contributed by atoms with van der Waals surface area (Å²) in [6.07, 6.45) is 3.40. The molecule has 2 atom stereocenters. The van der Waals surface area contributed by atoms with Crippen LogP contribution in [0.2, 0.25) is 0 Å². The number of ether oxygens (including phenoxy) is 1. The molecule has 0 saturated heterocycles. The molecule has 0 spiro atoms. The fraction of sp³-hybridized carbons (Fsp3) is 0.0909. The van der Waals surface area contributed by atoms with Gasteiger partial charge in [0, 0.05) is 40.6 Å². The summed E-state index contributed by atoms with van der Waals surface area (Å²) in [6.45, 7) is 0. The maximum absolute atomic E-state index is 13.9. The molecule has 0 amide bonds. The lowest BCUT2D eigenvalue weighted by molar-refractivity contribution is 0.496. The number of nitrogens with zero attached hydrogens (tertiary/aromatic N) is 1. The molecule has 0 radical (unpaired) electrons. The molecule has 29 heavy (non-hydrogen) atoms. The Kier molecular flexibility index (Phi) is 5.62. The first-order valence-corrected chi connectivity index (χ1v) is 10.6. The van der Waals surface area contributed by atoms with Crippen LogP contribution < -0.4 is 4.74 Å². The number of hydrogen-bond donors (Lipinski definition) is 1. The van der Waals surface area contributed by atoms with Crippen LogP contribution in [-0.2, 0) is 16.8 Å². The van der Waals surface area contributed by atoms with Gasteiger partial charge in [-0.1, -0.05) is 42.5 Å². The van der Waals surface area contributed by atoms with E-state index in [2.05, 4.69) is 4.98 Å². The molecule has 0 fully saturated rings. The Balaban J connectivity index is 1.89. The first kappa shape index (κ1) is 19.6. The van der Waals surface area contributed by atoms with Crippen molar-refractivity contribution in [2.45, 2.75) is 11.7 Å². The van der Waals surface area contributed by atoms with Gasteiger partial charge >= 0.3 is 0 Å². The Morgan fingerprint density at radius 3 is 2.62 bits per heavy atom. The van der Waals surface area contributed by atoms with Crippen LogP contribution in [0.5, 0.6) is 5.75 Å². The molecule has 1 aromatic heterocycles. The maximum atomic E-state index is 13.9. The molecule has 2 unspecified atom stereocenters. The molecular weight excluding hydrogens is 409 g/mol. The Morgan fingerprint density at radius 2 is 1.97 bits per heavy atom. The van der Waals surface area contributed by atoms with Gasteiger partial charge in [0.2, 0.25) is 0 Å². The van der Waals surface area contributed by atoms with Crippen LogP contribution in [0.15, 0.2) is 67.0 Å². The van der Waals surface area contributed by atoms with Crippen molar-refractivity contribution in [3.05, 3.63) is 95.1 Å². The van der Waals surface area contributed by atoms with Gasteiger partial charge in [0.25, 0.3) is 0 Å². The number of hydrogen-bond acceptors (Lipinski definition) is 4. The van der Waals surface area contributed by atoms with Gasteiger partial charge in [-0.25, -0.2) is 8.60 Å². The minimum atomic E-state index is -1.91. The summed E-state index contributed by atoms with van der Waals surface area (Å²) >= 11 is 3.41. The Hall–Kier alpha value is -2.74. The van der Waals surface area contributed by atoms with E-state index in [0.29, 0.717) is 17.1 Å². The average molecular weight is 426 g/mol. The summed E-state index contributed by atoms with van der Waals surface area (Å²) in [7, 11) is 0. The van der Waals surface area contributed by atoms with Crippen LogP contribution in [0.25, 0.3) is 11.3 Å². The van der Waals surface area contributed by atoms with Gasteiger partial charge in [0.1, 0.15) is 17.3 Å². The van der Waals surface area contributed by atoms with Crippen LogP contribution in [0, 0.1) is 5.82 Å². The topological polar surface area (TPSA) is 59.4 Å². The second kappa shape index (κ2) is 8.32. The fourth-order valence-corrected chi connectivity index (χ4v) is 4.16. The second-order valence-electron chi connectivity index (χ2n) is 6.55. The van der Waals surface area contributed by atoms with E-state index in [1.807, 2.05) is 24.3 Å². The minimum absolute atomic E-state index is 0.0559. The monoisotopic (exact) mass is 425 g/mol. The number of pyridine rings is 1. The highest BCUT2D eigenvalue weighted by molar-refractivity contribution is 7.79. The molecule has 4 rings (SSSR count). The van der Waals surface area contributed by atoms with E-state index in [1.54, 1.807) is 36.0 Å². The van der Waals surface area contributed by atoms with Crippen molar-refractivity contribution in [2.75, 3.05) is 0 Å². The van der Waals surface area contributed by atoms with Crippen molar-refractivity contribution in [3.63, 3.8) is 0 Å². The van der Waals surface area contributed by atoms with E-state index >= 15 is 0 Å². The van der Waals surface area contributed by atoms with Crippen LogP contribution >= 0.6 is 12.2 Å². The quantitative estimate of drug-likeness (QED) is 0.461. The molecule has 7 heteroatoms. The third kappa shape index (κ3) is 4.03. The third-order valence-electron chi connectivity index (χ3n) is 4.69. The summed E-state index contributed by atoms with van der Waals surface area (Å²) in [5, 5.41) is 1.60. The number of rotatable bonds is 5. The van der Waals surface area contributed by atoms with Crippen molar-refractivity contribution in [3.8, 4) is 5.75 Å². The lowest BCUT2D eigenvalue weighted by atomic mass is 9.84. The van der Waals surface area contributed by atoms with Crippen molar-refractivity contribution in [2.24, 2.45) is 0 Å². The Morgan fingerprint density at radius 1 is 1.17 bits per heavy atom. The van der Waals surface area contributed by atoms with Gasteiger partial charge in [-0.05, 0) is 35.2 Å². The molecule has 4 nitrogen and oxygen atoms in total. The molecular formula is C22H16FNO3S2. The van der Waals surface area contributed by atoms with E-state index in [0.717, 1.165) is 22.3 Å². The minimum Gasteiger partial charge on any atom is -0.456 e. The zero-order valence-electron chi connectivity index (χ0n) is 15.1. The molecule has 0 aliphatic carbocycles. The predicted molar refractivity (Wildman–Crippen MR) is 115 cm³/mol. The third-order valence-corrected chi connectivity index (χ3v) is 5.54. The van der Waals surface area contributed by atoms with Crippen LogP contribution in [-0.4, -0.2) is 19.1 Å². The van der Waals surface area contributed by atoms with Crippen molar-refractivity contribution < 1.29 is 17.9 Å². The summed E-state index contributed by atoms with van der Waals surface area (Å²) in [5.41, 5.74) is 3.81. The van der Waals surface area contributed by atoms with Crippen LogP contribution in [0.1, 0.15) is 28.2 Å². The van der Waals surface area contributed by atoms with Gasteiger partial charge in [0.05, 0.1) is 5.75 Å². The smallest absolute Gasteiger partial charge is 0.157 e. The molecule has 3 aromatic rings. The summed E-state index contributed by atoms with van der Waals surface area (Å²) in [4.78, 5) is 4.20. The lowest BCUT2D eigenvalue weighted by Crippen LogP contribution is -2.15. The molecule has 1 aliphatic heterocycles. The SMILES string of the molecule is O=S(O)Cc1ccc(C2=C(c3cccnc3)C(C=S)c3cc(F)ccc3O2)cc1.